The van der Waals surface area contributed by atoms with Crippen molar-refractivity contribution in [3.63, 3.8) is 0 Å². The van der Waals surface area contributed by atoms with Crippen molar-refractivity contribution >= 4 is 10.8 Å². The molecule has 0 radical (unpaired) electrons. The van der Waals surface area contributed by atoms with Gasteiger partial charge in [-0.25, -0.2) is 0 Å². The highest BCUT2D eigenvalue weighted by atomic mass is 14.6. The van der Waals surface area contributed by atoms with Crippen LogP contribution in [0.4, 0.5) is 0 Å². The number of rotatable bonds is 2. The Balaban J connectivity index is 0.000000140. The van der Waals surface area contributed by atoms with Gasteiger partial charge in [-0.05, 0) is 46.5 Å². The molecule has 0 aliphatic carbocycles. The van der Waals surface area contributed by atoms with E-state index in [0.29, 0.717) is 0 Å². The van der Waals surface area contributed by atoms with Crippen LogP contribution in [-0.2, 0) is 6.42 Å². The largest absolute Gasteiger partial charge is 0.265 e. The summed E-state index contributed by atoms with van der Waals surface area (Å²) in [7, 11) is 0. The summed E-state index contributed by atoms with van der Waals surface area (Å²) < 4.78 is 0. The van der Waals surface area contributed by atoms with Crippen molar-refractivity contribution in [2.24, 2.45) is 0 Å². The minimum absolute atomic E-state index is 0.989. The average molecular weight is 298 g/mol. The monoisotopic (exact) mass is 298 g/mol. The molecule has 112 valence electrons. The maximum atomic E-state index is 4.01. The van der Waals surface area contributed by atoms with E-state index >= 15 is 0 Å². The van der Waals surface area contributed by atoms with Crippen LogP contribution in [-0.4, -0.2) is 9.97 Å². The van der Waals surface area contributed by atoms with Gasteiger partial charge in [-0.15, -0.1) is 0 Å². The second-order valence-corrected chi connectivity index (χ2v) is 5.24. The number of hydrogen-bond donors (Lipinski definition) is 0. The Hall–Kier alpha value is -3.00. The molecule has 2 heterocycles. The van der Waals surface area contributed by atoms with Crippen molar-refractivity contribution in [1.82, 2.24) is 9.97 Å². The molecule has 0 unspecified atom stereocenters. The van der Waals surface area contributed by atoms with Crippen LogP contribution < -0.4 is 0 Å². The first kappa shape index (κ1) is 14.9. The number of fused-ring (bicyclic) bond motifs is 1. The summed E-state index contributed by atoms with van der Waals surface area (Å²) in [5, 5.41) is 2.45. The molecule has 0 saturated carbocycles. The normalized spacial score (nSPS) is 9.91. The lowest BCUT2D eigenvalue weighted by Crippen LogP contribution is -1.86. The van der Waals surface area contributed by atoms with Crippen LogP contribution in [0.15, 0.2) is 97.6 Å². The van der Waals surface area contributed by atoms with E-state index in [1.807, 2.05) is 61.2 Å². The molecular formula is C21H18N2. The van der Waals surface area contributed by atoms with Gasteiger partial charge in [0.25, 0.3) is 0 Å². The first-order chi connectivity index (χ1) is 11.4. The molecule has 0 aliphatic rings. The number of benzene rings is 2. The van der Waals surface area contributed by atoms with Crippen LogP contribution in [0.5, 0.6) is 0 Å². The third-order valence-electron chi connectivity index (χ3n) is 3.55. The average Bonchev–Trinajstić information content (AvgIpc) is 2.64. The highest BCUT2D eigenvalue weighted by molar-refractivity contribution is 5.80. The first-order valence-electron chi connectivity index (χ1n) is 7.63. The van der Waals surface area contributed by atoms with E-state index < -0.39 is 0 Å². The summed E-state index contributed by atoms with van der Waals surface area (Å²) in [6, 6.07) is 24.7. The standard InChI is InChI=1S/C12H11N.C9H7N/c1-2-4-11(5-3-1)10-12-6-8-13-9-7-12;1-2-4-9-7-10-6-5-8(9)3-1/h1-9H,10H2;1-7H. The summed E-state index contributed by atoms with van der Waals surface area (Å²) in [5.41, 5.74) is 2.65. The second-order valence-electron chi connectivity index (χ2n) is 5.24. The third-order valence-corrected chi connectivity index (χ3v) is 3.55. The highest BCUT2D eigenvalue weighted by Crippen LogP contribution is 2.09. The van der Waals surface area contributed by atoms with Gasteiger partial charge in [-0.3, -0.25) is 9.97 Å². The van der Waals surface area contributed by atoms with Gasteiger partial charge in [0, 0.05) is 24.8 Å². The summed E-state index contributed by atoms with van der Waals surface area (Å²) in [5.74, 6) is 0. The molecule has 23 heavy (non-hydrogen) atoms. The highest BCUT2D eigenvalue weighted by Gasteiger charge is 1.93. The zero-order valence-corrected chi connectivity index (χ0v) is 12.8. The minimum atomic E-state index is 0.989. The Labute approximate surface area is 136 Å². The molecule has 2 aromatic carbocycles. The fraction of sp³-hybridized carbons (Fsp3) is 0.0476. The Kier molecular flexibility index (Phi) is 5.09. The lowest BCUT2D eigenvalue weighted by Gasteiger charge is -1.99. The number of hydrogen-bond acceptors (Lipinski definition) is 2. The Morgan fingerprint density at radius 3 is 1.87 bits per heavy atom. The summed E-state index contributed by atoms with van der Waals surface area (Å²) >= 11 is 0. The van der Waals surface area contributed by atoms with Gasteiger partial charge >= 0.3 is 0 Å². The molecule has 0 amide bonds. The summed E-state index contributed by atoms with van der Waals surface area (Å²) in [6.45, 7) is 0. The molecule has 0 N–H and O–H groups in total. The smallest absolute Gasteiger partial charge is 0.0346 e. The van der Waals surface area contributed by atoms with Crippen LogP contribution in [0.2, 0.25) is 0 Å². The second kappa shape index (κ2) is 7.85. The van der Waals surface area contributed by atoms with Gasteiger partial charge in [0.1, 0.15) is 0 Å². The van der Waals surface area contributed by atoms with E-state index in [1.54, 1.807) is 0 Å². The van der Waals surface area contributed by atoms with E-state index in [0.717, 1.165) is 6.42 Å². The molecule has 2 heteroatoms. The molecule has 4 rings (SSSR count). The predicted molar refractivity (Wildman–Crippen MR) is 95.2 cm³/mol. The van der Waals surface area contributed by atoms with E-state index in [4.69, 9.17) is 0 Å². The van der Waals surface area contributed by atoms with Crippen molar-refractivity contribution in [3.05, 3.63) is 109 Å². The molecule has 0 saturated heterocycles. The quantitative estimate of drug-likeness (QED) is 0.525. The number of pyridine rings is 2. The van der Waals surface area contributed by atoms with Crippen LogP contribution >= 0.6 is 0 Å². The van der Waals surface area contributed by atoms with Crippen LogP contribution in [0.1, 0.15) is 11.1 Å². The molecule has 0 aliphatic heterocycles. The van der Waals surface area contributed by atoms with E-state index in [2.05, 4.69) is 46.4 Å². The van der Waals surface area contributed by atoms with Crippen LogP contribution in [0, 0.1) is 0 Å². The maximum Gasteiger partial charge on any atom is 0.0346 e. The summed E-state index contributed by atoms with van der Waals surface area (Å²) in [4.78, 5) is 8.00. The van der Waals surface area contributed by atoms with E-state index in [-0.39, 0.29) is 0 Å². The Morgan fingerprint density at radius 2 is 1.13 bits per heavy atom. The van der Waals surface area contributed by atoms with Gasteiger partial charge in [-0.2, -0.15) is 0 Å². The molecule has 2 nitrogen and oxygen atoms in total. The molecule has 0 bridgehead atoms. The molecule has 2 aromatic heterocycles. The van der Waals surface area contributed by atoms with Gasteiger partial charge in [0.05, 0.1) is 0 Å². The van der Waals surface area contributed by atoms with Crippen molar-refractivity contribution < 1.29 is 0 Å². The van der Waals surface area contributed by atoms with E-state index in [1.165, 1.54) is 21.9 Å². The Morgan fingerprint density at radius 1 is 0.522 bits per heavy atom. The van der Waals surface area contributed by atoms with Crippen molar-refractivity contribution in [2.75, 3.05) is 0 Å². The van der Waals surface area contributed by atoms with Gasteiger partial charge in [0.2, 0.25) is 0 Å². The maximum absolute atomic E-state index is 4.01. The van der Waals surface area contributed by atoms with E-state index in [9.17, 15) is 0 Å². The molecular weight excluding hydrogens is 280 g/mol. The van der Waals surface area contributed by atoms with Gasteiger partial charge < -0.3 is 0 Å². The fourth-order valence-corrected chi connectivity index (χ4v) is 2.36. The van der Waals surface area contributed by atoms with Crippen LogP contribution in [0.3, 0.4) is 0 Å². The topological polar surface area (TPSA) is 25.8 Å². The van der Waals surface area contributed by atoms with Gasteiger partial charge in [-0.1, -0.05) is 54.6 Å². The summed E-state index contributed by atoms with van der Waals surface area (Å²) in [6.07, 6.45) is 8.33. The van der Waals surface area contributed by atoms with Gasteiger partial charge in [0.15, 0.2) is 0 Å². The third kappa shape index (κ3) is 4.48. The Bertz CT molecular complexity index is 740. The predicted octanol–water partition coefficient (Wildman–Crippen LogP) is 4.91. The SMILES string of the molecule is c1ccc(Cc2ccncc2)cc1.c1ccc2cnccc2c1. The van der Waals surface area contributed by atoms with Crippen LogP contribution in [0.25, 0.3) is 10.8 Å². The molecule has 0 spiro atoms. The van der Waals surface area contributed by atoms with Crippen molar-refractivity contribution in [2.45, 2.75) is 6.42 Å². The number of nitrogens with zero attached hydrogens (tertiary/aromatic N) is 2. The lowest BCUT2D eigenvalue weighted by atomic mass is 10.1. The zero-order valence-electron chi connectivity index (χ0n) is 12.8. The lowest BCUT2D eigenvalue weighted by molar-refractivity contribution is 1.16. The minimum Gasteiger partial charge on any atom is -0.265 e. The zero-order chi connectivity index (χ0) is 15.7. The fourth-order valence-electron chi connectivity index (χ4n) is 2.36. The van der Waals surface area contributed by atoms with Crippen molar-refractivity contribution in [1.29, 1.82) is 0 Å². The van der Waals surface area contributed by atoms with Crippen molar-refractivity contribution in [3.8, 4) is 0 Å². The first-order valence-corrected chi connectivity index (χ1v) is 7.63. The number of aromatic nitrogens is 2. The molecule has 4 aromatic rings. The molecule has 0 fully saturated rings. The molecule has 0 atom stereocenters.